The van der Waals surface area contributed by atoms with Crippen molar-refractivity contribution in [3.63, 3.8) is 0 Å². The molecule has 1 atom stereocenters. The molecule has 2 rings (SSSR count). The van der Waals surface area contributed by atoms with Crippen LogP contribution in [0.5, 0.6) is 0 Å². The summed E-state index contributed by atoms with van der Waals surface area (Å²) in [6.07, 6.45) is 0.0882. The van der Waals surface area contributed by atoms with Gasteiger partial charge in [-0.3, -0.25) is 0 Å². The molecule has 1 aliphatic heterocycles. The average molecular weight is 257 g/mol. The molecular weight excluding hydrogens is 239 g/mol. The van der Waals surface area contributed by atoms with Gasteiger partial charge in [0.2, 0.25) is 0 Å². The molecular formula is C14H18F3N. The summed E-state index contributed by atoms with van der Waals surface area (Å²) in [5, 5.41) is 3.34. The van der Waals surface area contributed by atoms with Crippen molar-refractivity contribution in [2.75, 3.05) is 13.1 Å². The smallest absolute Gasteiger partial charge is 0.317 e. The van der Waals surface area contributed by atoms with Crippen LogP contribution >= 0.6 is 0 Å². The molecule has 1 aromatic rings. The first-order valence-electron chi connectivity index (χ1n) is 6.42. The fourth-order valence-corrected chi connectivity index (χ4v) is 2.46. The molecule has 0 radical (unpaired) electrons. The summed E-state index contributed by atoms with van der Waals surface area (Å²) in [5.74, 6) is 0.594. The topological polar surface area (TPSA) is 12.0 Å². The molecule has 0 saturated carbocycles. The van der Waals surface area contributed by atoms with Gasteiger partial charge in [0.1, 0.15) is 0 Å². The Hall–Kier alpha value is -1.03. The van der Waals surface area contributed by atoms with Gasteiger partial charge in [-0.05, 0) is 62.4 Å². The summed E-state index contributed by atoms with van der Waals surface area (Å²) in [6.45, 7) is 2.08. The number of nitrogens with one attached hydrogen (secondary N) is 1. The SMILES string of the molecule is FC(F)(F)c1ccc(CC2CCCNCC2)cc1. The number of rotatable bonds is 2. The van der Waals surface area contributed by atoms with Gasteiger partial charge in [-0.15, -0.1) is 0 Å². The van der Waals surface area contributed by atoms with Crippen molar-refractivity contribution in [1.82, 2.24) is 5.32 Å². The van der Waals surface area contributed by atoms with Crippen molar-refractivity contribution in [3.8, 4) is 0 Å². The fraction of sp³-hybridized carbons (Fsp3) is 0.571. The number of halogens is 3. The lowest BCUT2D eigenvalue weighted by Gasteiger charge is -2.14. The lowest BCUT2D eigenvalue weighted by atomic mass is 9.92. The van der Waals surface area contributed by atoms with Crippen molar-refractivity contribution < 1.29 is 13.2 Å². The second kappa shape index (κ2) is 5.74. The Morgan fingerprint density at radius 1 is 1.06 bits per heavy atom. The van der Waals surface area contributed by atoms with E-state index < -0.39 is 11.7 Å². The van der Waals surface area contributed by atoms with Gasteiger partial charge in [-0.1, -0.05) is 12.1 Å². The van der Waals surface area contributed by atoms with E-state index in [0.717, 1.165) is 44.3 Å². The molecule has 1 unspecified atom stereocenters. The molecule has 1 aromatic carbocycles. The van der Waals surface area contributed by atoms with Crippen LogP contribution < -0.4 is 5.32 Å². The molecule has 18 heavy (non-hydrogen) atoms. The molecule has 0 bridgehead atoms. The standard InChI is InChI=1S/C14H18F3N/c15-14(16,17)13-5-3-12(4-6-13)10-11-2-1-8-18-9-7-11/h3-6,11,18H,1-2,7-10H2. The van der Waals surface area contributed by atoms with E-state index in [-0.39, 0.29) is 0 Å². The van der Waals surface area contributed by atoms with Crippen LogP contribution in [0.4, 0.5) is 13.2 Å². The van der Waals surface area contributed by atoms with E-state index in [2.05, 4.69) is 5.32 Å². The zero-order chi connectivity index (χ0) is 13.0. The van der Waals surface area contributed by atoms with Crippen LogP contribution in [0.3, 0.4) is 0 Å². The van der Waals surface area contributed by atoms with E-state index in [1.807, 2.05) is 0 Å². The van der Waals surface area contributed by atoms with E-state index in [0.29, 0.717) is 5.92 Å². The third-order valence-electron chi connectivity index (χ3n) is 3.50. The Bertz CT molecular complexity index is 362. The zero-order valence-corrected chi connectivity index (χ0v) is 10.3. The molecule has 0 aromatic heterocycles. The van der Waals surface area contributed by atoms with Gasteiger partial charge in [-0.25, -0.2) is 0 Å². The molecule has 0 aliphatic carbocycles. The van der Waals surface area contributed by atoms with Crippen LogP contribution in [0.25, 0.3) is 0 Å². The zero-order valence-electron chi connectivity index (χ0n) is 10.3. The lowest BCUT2D eigenvalue weighted by Crippen LogP contribution is -2.14. The maximum Gasteiger partial charge on any atom is 0.416 e. The summed E-state index contributed by atoms with van der Waals surface area (Å²) in [5.41, 5.74) is 0.448. The van der Waals surface area contributed by atoms with Gasteiger partial charge in [0.25, 0.3) is 0 Å². The Morgan fingerprint density at radius 3 is 2.44 bits per heavy atom. The van der Waals surface area contributed by atoms with Crippen LogP contribution in [0.1, 0.15) is 30.4 Å². The minimum Gasteiger partial charge on any atom is -0.317 e. The molecule has 1 nitrogen and oxygen atoms in total. The Labute approximate surface area is 105 Å². The maximum absolute atomic E-state index is 12.4. The summed E-state index contributed by atoms with van der Waals surface area (Å²) in [6, 6.07) is 5.59. The van der Waals surface area contributed by atoms with Crippen LogP contribution in [-0.2, 0) is 12.6 Å². The Kier molecular flexibility index (Phi) is 4.27. The first-order valence-corrected chi connectivity index (χ1v) is 6.42. The van der Waals surface area contributed by atoms with Gasteiger partial charge in [0, 0.05) is 0 Å². The van der Waals surface area contributed by atoms with Crippen molar-refractivity contribution in [3.05, 3.63) is 35.4 Å². The van der Waals surface area contributed by atoms with Crippen molar-refractivity contribution >= 4 is 0 Å². The predicted molar refractivity (Wildman–Crippen MR) is 65.4 cm³/mol. The van der Waals surface area contributed by atoms with E-state index in [9.17, 15) is 13.2 Å². The van der Waals surface area contributed by atoms with E-state index in [1.54, 1.807) is 12.1 Å². The monoisotopic (exact) mass is 257 g/mol. The van der Waals surface area contributed by atoms with Crippen LogP contribution in [0, 0.1) is 5.92 Å². The minimum atomic E-state index is -4.23. The molecule has 1 aliphatic rings. The maximum atomic E-state index is 12.4. The predicted octanol–water partition coefficient (Wildman–Crippen LogP) is 3.64. The van der Waals surface area contributed by atoms with Crippen LogP contribution in [0.15, 0.2) is 24.3 Å². The second-order valence-corrected chi connectivity index (χ2v) is 4.95. The quantitative estimate of drug-likeness (QED) is 0.853. The highest BCUT2D eigenvalue weighted by Crippen LogP contribution is 2.29. The molecule has 100 valence electrons. The van der Waals surface area contributed by atoms with Crippen molar-refractivity contribution in [1.29, 1.82) is 0 Å². The van der Waals surface area contributed by atoms with Crippen molar-refractivity contribution in [2.45, 2.75) is 31.9 Å². The number of hydrogen-bond acceptors (Lipinski definition) is 1. The van der Waals surface area contributed by atoms with E-state index in [1.165, 1.54) is 12.1 Å². The summed E-state index contributed by atoms with van der Waals surface area (Å²) in [4.78, 5) is 0. The average Bonchev–Trinajstić information content (AvgIpc) is 2.57. The molecule has 4 heteroatoms. The molecule has 0 amide bonds. The molecule has 1 heterocycles. The Morgan fingerprint density at radius 2 is 1.78 bits per heavy atom. The van der Waals surface area contributed by atoms with Gasteiger partial charge in [0.15, 0.2) is 0 Å². The highest BCUT2D eigenvalue weighted by Gasteiger charge is 2.29. The number of benzene rings is 1. The largest absolute Gasteiger partial charge is 0.416 e. The van der Waals surface area contributed by atoms with Gasteiger partial charge in [0.05, 0.1) is 5.56 Å². The minimum absolute atomic E-state index is 0.561. The number of alkyl halides is 3. The first kappa shape index (κ1) is 13.4. The third kappa shape index (κ3) is 3.73. The summed E-state index contributed by atoms with van der Waals surface area (Å²) >= 11 is 0. The van der Waals surface area contributed by atoms with Crippen LogP contribution in [0.2, 0.25) is 0 Å². The third-order valence-corrected chi connectivity index (χ3v) is 3.50. The van der Waals surface area contributed by atoms with Gasteiger partial charge < -0.3 is 5.32 Å². The molecule has 1 N–H and O–H groups in total. The second-order valence-electron chi connectivity index (χ2n) is 4.95. The fourth-order valence-electron chi connectivity index (χ4n) is 2.46. The molecule has 1 saturated heterocycles. The highest BCUT2D eigenvalue weighted by molar-refractivity contribution is 5.24. The Balaban J connectivity index is 1.97. The summed E-state index contributed by atoms with van der Waals surface area (Å²) in [7, 11) is 0. The van der Waals surface area contributed by atoms with E-state index >= 15 is 0 Å². The lowest BCUT2D eigenvalue weighted by molar-refractivity contribution is -0.137. The van der Waals surface area contributed by atoms with Crippen LogP contribution in [-0.4, -0.2) is 13.1 Å². The van der Waals surface area contributed by atoms with Crippen molar-refractivity contribution in [2.24, 2.45) is 5.92 Å². The van der Waals surface area contributed by atoms with Gasteiger partial charge in [-0.2, -0.15) is 13.2 Å². The van der Waals surface area contributed by atoms with Gasteiger partial charge >= 0.3 is 6.18 Å². The molecule has 1 fully saturated rings. The summed E-state index contributed by atoms with van der Waals surface area (Å²) < 4.78 is 37.3. The van der Waals surface area contributed by atoms with E-state index in [4.69, 9.17) is 0 Å². The highest BCUT2D eigenvalue weighted by atomic mass is 19.4. The number of hydrogen-bond donors (Lipinski definition) is 1. The normalized spacial score (nSPS) is 21.6. The molecule has 0 spiro atoms. The first-order chi connectivity index (χ1) is 8.55.